The van der Waals surface area contributed by atoms with Crippen molar-refractivity contribution in [2.24, 2.45) is 0 Å². The molecule has 0 radical (unpaired) electrons. The lowest BCUT2D eigenvalue weighted by atomic mass is 10.2. The van der Waals surface area contributed by atoms with Crippen LogP contribution in [0.4, 0.5) is 0 Å². The molecule has 0 aromatic heterocycles. The Bertz CT molecular complexity index is 586. The molecule has 0 unspecified atom stereocenters. The summed E-state index contributed by atoms with van der Waals surface area (Å²) in [6, 6.07) is 11.6. The largest absolute Gasteiger partial charge is 0.457 e. The highest BCUT2D eigenvalue weighted by Crippen LogP contribution is 2.30. The molecule has 4 heteroatoms. The topological polar surface area (TPSA) is 21.3 Å². The minimum absolute atomic E-state index is 0.670. The van der Waals surface area contributed by atoms with Crippen molar-refractivity contribution < 1.29 is 4.74 Å². The number of ether oxygens (including phenoxy) is 1. The van der Waals surface area contributed by atoms with E-state index in [1.807, 2.05) is 50.4 Å². The van der Waals surface area contributed by atoms with Crippen molar-refractivity contribution in [3.63, 3.8) is 0 Å². The predicted molar refractivity (Wildman–Crippen MR) is 83.2 cm³/mol. The molecule has 0 fully saturated rings. The molecule has 0 saturated heterocycles. The van der Waals surface area contributed by atoms with Crippen LogP contribution in [0.5, 0.6) is 11.5 Å². The lowest BCUT2D eigenvalue weighted by Crippen LogP contribution is -2.06. The molecule has 0 amide bonds. The van der Waals surface area contributed by atoms with E-state index >= 15 is 0 Å². The van der Waals surface area contributed by atoms with Crippen LogP contribution in [-0.4, -0.2) is 7.05 Å². The van der Waals surface area contributed by atoms with Crippen LogP contribution in [0, 0.1) is 6.92 Å². The van der Waals surface area contributed by atoms with Gasteiger partial charge >= 0.3 is 0 Å². The highest BCUT2D eigenvalue weighted by Gasteiger charge is 2.06. The van der Waals surface area contributed by atoms with Crippen LogP contribution in [0.2, 0.25) is 5.02 Å². The van der Waals surface area contributed by atoms with Crippen molar-refractivity contribution in [1.82, 2.24) is 5.32 Å². The second-order valence-corrected chi connectivity index (χ2v) is 5.59. The van der Waals surface area contributed by atoms with Crippen LogP contribution in [0.25, 0.3) is 0 Å². The standard InChI is InChI=1S/C15H15BrClNO/c1-10-7-13(5-6-14(10)16)19-15-8-12(17)4-3-11(15)9-18-2/h3-8,18H,9H2,1-2H3. The van der Waals surface area contributed by atoms with Gasteiger partial charge < -0.3 is 10.1 Å². The van der Waals surface area contributed by atoms with E-state index in [1.165, 1.54) is 0 Å². The molecule has 0 aliphatic heterocycles. The van der Waals surface area contributed by atoms with Gasteiger partial charge in [0.25, 0.3) is 0 Å². The molecular formula is C15H15BrClNO. The second kappa shape index (κ2) is 6.42. The average Bonchev–Trinajstić information content (AvgIpc) is 2.37. The molecule has 2 aromatic rings. The average molecular weight is 341 g/mol. The number of hydrogen-bond acceptors (Lipinski definition) is 2. The van der Waals surface area contributed by atoms with Crippen molar-refractivity contribution in [2.75, 3.05) is 7.05 Å². The Kier molecular flexibility index (Phi) is 4.86. The summed E-state index contributed by atoms with van der Waals surface area (Å²) in [4.78, 5) is 0. The Morgan fingerprint density at radius 3 is 2.68 bits per heavy atom. The summed E-state index contributed by atoms with van der Waals surface area (Å²) in [6.07, 6.45) is 0. The number of nitrogens with one attached hydrogen (secondary N) is 1. The first-order chi connectivity index (χ1) is 9.10. The molecule has 2 aromatic carbocycles. The van der Waals surface area contributed by atoms with E-state index in [4.69, 9.17) is 16.3 Å². The fourth-order valence-electron chi connectivity index (χ4n) is 1.77. The Labute approximate surface area is 126 Å². The van der Waals surface area contributed by atoms with Gasteiger partial charge in [0, 0.05) is 21.6 Å². The normalized spacial score (nSPS) is 10.5. The Morgan fingerprint density at radius 2 is 2.00 bits per heavy atom. The third-order valence-corrected chi connectivity index (χ3v) is 3.88. The van der Waals surface area contributed by atoms with Gasteiger partial charge in [0.2, 0.25) is 0 Å². The van der Waals surface area contributed by atoms with E-state index in [2.05, 4.69) is 21.2 Å². The van der Waals surface area contributed by atoms with Gasteiger partial charge in [-0.25, -0.2) is 0 Å². The minimum Gasteiger partial charge on any atom is -0.457 e. The van der Waals surface area contributed by atoms with Gasteiger partial charge in [-0.2, -0.15) is 0 Å². The molecule has 2 rings (SSSR count). The molecule has 0 bridgehead atoms. The third-order valence-electron chi connectivity index (χ3n) is 2.75. The van der Waals surface area contributed by atoms with Crippen molar-refractivity contribution in [3.8, 4) is 11.5 Å². The van der Waals surface area contributed by atoms with Gasteiger partial charge in [-0.05, 0) is 49.9 Å². The first-order valence-electron chi connectivity index (χ1n) is 5.97. The molecule has 0 aliphatic carbocycles. The first kappa shape index (κ1) is 14.4. The Balaban J connectivity index is 2.30. The van der Waals surface area contributed by atoms with Crippen molar-refractivity contribution in [2.45, 2.75) is 13.5 Å². The van der Waals surface area contributed by atoms with E-state index < -0.39 is 0 Å². The van der Waals surface area contributed by atoms with Gasteiger partial charge in [-0.15, -0.1) is 0 Å². The van der Waals surface area contributed by atoms with Crippen molar-refractivity contribution in [3.05, 3.63) is 57.0 Å². The molecule has 0 saturated carbocycles. The monoisotopic (exact) mass is 339 g/mol. The van der Waals surface area contributed by atoms with Gasteiger partial charge in [0.1, 0.15) is 11.5 Å². The smallest absolute Gasteiger partial charge is 0.133 e. The summed E-state index contributed by atoms with van der Waals surface area (Å²) in [5, 5.41) is 3.79. The maximum absolute atomic E-state index is 6.03. The van der Waals surface area contributed by atoms with Gasteiger partial charge in [0.05, 0.1) is 0 Å². The van der Waals surface area contributed by atoms with Crippen LogP contribution in [-0.2, 0) is 6.54 Å². The minimum atomic E-state index is 0.670. The van der Waals surface area contributed by atoms with Crippen LogP contribution in [0.15, 0.2) is 40.9 Å². The number of aryl methyl sites for hydroxylation is 1. The van der Waals surface area contributed by atoms with Gasteiger partial charge in [-0.1, -0.05) is 33.6 Å². The fraction of sp³-hybridized carbons (Fsp3) is 0.200. The maximum Gasteiger partial charge on any atom is 0.133 e. The quantitative estimate of drug-likeness (QED) is 0.852. The Hall–Kier alpha value is -1.03. The number of benzene rings is 2. The molecular weight excluding hydrogens is 326 g/mol. The lowest BCUT2D eigenvalue weighted by Gasteiger charge is -2.12. The highest BCUT2D eigenvalue weighted by atomic mass is 79.9. The molecule has 100 valence electrons. The maximum atomic E-state index is 6.03. The summed E-state index contributed by atoms with van der Waals surface area (Å²) in [7, 11) is 1.90. The highest BCUT2D eigenvalue weighted by molar-refractivity contribution is 9.10. The zero-order chi connectivity index (χ0) is 13.8. The second-order valence-electron chi connectivity index (χ2n) is 4.30. The van der Waals surface area contributed by atoms with E-state index in [-0.39, 0.29) is 0 Å². The predicted octanol–water partition coefficient (Wildman–Crippen LogP) is 4.92. The lowest BCUT2D eigenvalue weighted by molar-refractivity contribution is 0.474. The molecule has 19 heavy (non-hydrogen) atoms. The summed E-state index contributed by atoms with van der Waals surface area (Å²) < 4.78 is 7.00. The van der Waals surface area contributed by atoms with Crippen LogP contribution >= 0.6 is 27.5 Å². The SMILES string of the molecule is CNCc1ccc(Cl)cc1Oc1ccc(Br)c(C)c1. The Morgan fingerprint density at radius 1 is 1.21 bits per heavy atom. The van der Waals surface area contributed by atoms with E-state index in [0.29, 0.717) is 5.02 Å². The molecule has 1 N–H and O–H groups in total. The molecule has 0 atom stereocenters. The summed E-state index contributed by atoms with van der Waals surface area (Å²) in [5.74, 6) is 1.59. The molecule has 0 heterocycles. The summed E-state index contributed by atoms with van der Waals surface area (Å²) >= 11 is 9.51. The summed E-state index contributed by atoms with van der Waals surface area (Å²) in [6.45, 7) is 2.77. The van der Waals surface area contributed by atoms with Crippen LogP contribution in [0.3, 0.4) is 0 Å². The zero-order valence-corrected chi connectivity index (χ0v) is 13.2. The number of rotatable bonds is 4. The van der Waals surface area contributed by atoms with Gasteiger partial charge in [-0.3, -0.25) is 0 Å². The first-order valence-corrected chi connectivity index (χ1v) is 7.14. The summed E-state index contributed by atoms with van der Waals surface area (Å²) in [5.41, 5.74) is 2.21. The van der Waals surface area contributed by atoms with Crippen molar-refractivity contribution in [1.29, 1.82) is 0 Å². The van der Waals surface area contributed by atoms with Gasteiger partial charge in [0.15, 0.2) is 0 Å². The van der Waals surface area contributed by atoms with Crippen molar-refractivity contribution >= 4 is 27.5 Å². The number of halogens is 2. The molecule has 2 nitrogen and oxygen atoms in total. The number of hydrogen-bond donors (Lipinski definition) is 1. The molecule has 0 spiro atoms. The van der Waals surface area contributed by atoms with Crippen LogP contribution in [0.1, 0.15) is 11.1 Å². The van der Waals surface area contributed by atoms with E-state index in [0.717, 1.165) is 33.6 Å². The van der Waals surface area contributed by atoms with E-state index in [9.17, 15) is 0 Å². The fourth-order valence-corrected chi connectivity index (χ4v) is 2.18. The van der Waals surface area contributed by atoms with E-state index in [1.54, 1.807) is 0 Å². The third kappa shape index (κ3) is 3.72. The zero-order valence-electron chi connectivity index (χ0n) is 10.8. The van der Waals surface area contributed by atoms with Crippen LogP contribution < -0.4 is 10.1 Å². The molecule has 0 aliphatic rings.